The van der Waals surface area contributed by atoms with Crippen molar-refractivity contribution in [3.05, 3.63) is 65.9 Å². The molecule has 3 amide bonds. The van der Waals surface area contributed by atoms with Gasteiger partial charge in [0.05, 0.1) is 11.1 Å². The fourth-order valence-corrected chi connectivity index (χ4v) is 5.31. The van der Waals surface area contributed by atoms with E-state index in [2.05, 4.69) is 40.8 Å². The lowest BCUT2D eigenvalue weighted by Crippen LogP contribution is -2.52. The number of piperidine rings is 1. The Kier molecular flexibility index (Phi) is 10.0. The third kappa shape index (κ3) is 7.93. The molecule has 1 aliphatic heterocycles. The first-order chi connectivity index (χ1) is 22.8. The number of rotatable bonds is 10. The van der Waals surface area contributed by atoms with Gasteiger partial charge in [-0.1, -0.05) is 6.92 Å². The van der Waals surface area contributed by atoms with Gasteiger partial charge in [0.2, 0.25) is 11.9 Å². The molecule has 0 spiro atoms. The third-order valence-corrected chi connectivity index (χ3v) is 7.79. The van der Waals surface area contributed by atoms with Crippen LogP contribution in [0.15, 0.2) is 43.1 Å². The number of nitrogens with zero attached hydrogens (tertiary/aromatic N) is 6. The number of alkyl carbamates (subject to hydrolysis) is 1. The van der Waals surface area contributed by atoms with Crippen molar-refractivity contribution in [1.29, 1.82) is 0 Å². The molecule has 5 rings (SSSR count). The maximum Gasteiger partial charge on any atom is 0.408 e. The van der Waals surface area contributed by atoms with Crippen LogP contribution in [0.1, 0.15) is 62.5 Å². The minimum atomic E-state index is -1.27. The number of hydrogen-bond donors (Lipinski definition) is 4. The lowest BCUT2D eigenvalue weighted by Gasteiger charge is -2.32. The van der Waals surface area contributed by atoms with Crippen LogP contribution in [0, 0.1) is 11.6 Å². The summed E-state index contributed by atoms with van der Waals surface area (Å²) in [5.41, 5.74) is 5.84. The fraction of sp³-hybridized carbons (Fsp3) is 0.406. The van der Waals surface area contributed by atoms with E-state index in [0.717, 1.165) is 18.1 Å². The lowest BCUT2D eigenvalue weighted by atomic mass is 10.1. The second-order valence-corrected chi connectivity index (χ2v) is 12.4. The van der Waals surface area contributed by atoms with Crippen LogP contribution in [0.2, 0.25) is 0 Å². The molecular weight excluding hydrogens is 626 g/mol. The zero-order valence-electron chi connectivity index (χ0n) is 27.1. The minimum absolute atomic E-state index is 0.0334. The van der Waals surface area contributed by atoms with Crippen molar-refractivity contribution in [2.24, 2.45) is 5.73 Å². The van der Waals surface area contributed by atoms with Crippen LogP contribution >= 0.6 is 0 Å². The number of aromatic nitrogens is 5. The Bertz CT molecular complexity index is 1800. The average Bonchev–Trinajstić information content (AvgIpc) is 3.39. The fourth-order valence-electron chi connectivity index (χ4n) is 5.31. The highest BCUT2D eigenvalue weighted by molar-refractivity contribution is 5.96. The smallest absolute Gasteiger partial charge is 0.408 e. The minimum Gasteiger partial charge on any atom is -0.444 e. The number of nitrogens with two attached hydrogens (primary N) is 1. The molecule has 0 bridgehead atoms. The molecule has 5 N–H and O–H groups in total. The summed E-state index contributed by atoms with van der Waals surface area (Å²) >= 11 is 0. The lowest BCUT2D eigenvalue weighted by molar-refractivity contribution is -0.119. The summed E-state index contributed by atoms with van der Waals surface area (Å²) in [6.07, 6.45) is 7.72. The van der Waals surface area contributed by atoms with Crippen LogP contribution in [0.4, 0.5) is 31.0 Å². The number of fused-ring (bicyclic) bond motifs is 1. The average molecular weight is 665 g/mol. The van der Waals surface area contributed by atoms with Gasteiger partial charge in [0.25, 0.3) is 5.91 Å². The van der Waals surface area contributed by atoms with Crippen molar-refractivity contribution in [2.75, 3.05) is 29.9 Å². The van der Waals surface area contributed by atoms with E-state index < -0.39 is 41.2 Å². The van der Waals surface area contributed by atoms with Gasteiger partial charge in [-0.2, -0.15) is 0 Å². The number of hydrogen-bond acceptors (Lipinski definition) is 10. The van der Waals surface area contributed by atoms with Crippen LogP contribution in [0.3, 0.4) is 0 Å². The number of anilines is 3. The molecule has 4 aromatic rings. The highest BCUT2D eigenvalue weighted by Gasteiger charge is 2.27. The summed E-state index contributed by atoms with van der Waals surface area (Å²) in [6, 6.07) is 2.33. The Hall–Kier alpha value is -5.41. The number of benzene rings is 1. The van der Waals surface area contributed by atoms with Gasteiger partial charge in [-0.3, -0.25) is 9.59 Å². The number of nitrogens with one attached hydrogen (secondary N) is 3. The second-order valence-electron chi connectivity index (χ2n) is 12.4. The van der Waals surface area contributed by atoms with Gasteiger partial charge in [0, 0.05) is 49.8 Å². The third-order valence-electron chi connectivity index (χ3n) is 7.79. The zero-order valence-corrected chi connectivity index (χ0v) is 27.1. The van der Waals surface area contributed by atoms with E-state index in [1.807, 2.05) is 19.3 Å². The van der Waals surface area contributed by atoms with Crippen molar-refractivity contribution >= 4 is 46.4 Å². The molecule has 0 unspecified atom stereocenters. The van der Waals surface area contributed by atoms with Gasteiger partial charge >= 0.3 is 6.09 Å². The number of amides is 3. The first kappa shape index (κ1) is 33.9. The monoisotopic (exact) mass is 664 g/mol. The van der Waals surface area contributed by atoms with E-state index >= 15 is 8.78 Å². The summed E-state index contributed by atoms with van der Waals surface area (Å²) < 4.78 is 37.5. The molecule has 0 saturated carbocycles. The van der Waals surface area contributed by atoms with E-state index in [-0.39, 0.29) is 35.0 Å². The molecule has 14 nitrogen and oxygen atoms in total. The van der Waals surface area contributed by atoms with E-state index in [0.29, 0.717) is 37.5 Å². The maximum absolute atomic E-state index is 15.4. The van der Waals surface area contributed by atoms with E-state index in [1.54, 1.807) is 25.3 Å². The van der Waals surface area contributed by atoms with E-state index in [4.69, 9.17) is 10.5 Å². The topological polar surface area (TPSA) is 182 Å². The summed E-state index contributed by atoms with van der Waals surface area (Å²) in [4.78, 5) is 56.1. The number of primary amides is 1. The van der Waals surface area contributed by atoms with Crippen LogP contribution in [0.5, 0.6) is 0 Å². The number of ether oxygens (including phenoxy) is 1. The molecule has 3 aromatic heterocycles. The Morgan fingerprint density at radius 2 is 1.77 bits per heavy atom. The largest absolute Gasteiger partial charge is 0.444 e. The molecule has 1 aliphatic rings. The predicted octanol–water partition coefficient (Wildman–Crippen LogP) is 3.76. The van der Waals surface area contributed by atoms with Crippen molar-refractivity contribution in [2.45, 2.75) is 64.6 Å². The number of halogens is 2. The van der Waals surface area contributed by atoms with Gasteiger partial charge < -0.3 is 35.9 Å². The molecule has 0 radical (unpaired) electrons. The normalized spacial score (nSPS) is 14.4. The van der Waals surface area contributed by atoms with Gasteiger partial charge in [0.15, 0.2) is 5.82 Å². The van der Waals surface area contributed by atoms with Crippen molar-refractivity contribution in [3.8, 4) is 0 Å². The van der Waals surface area contributed by atoms with E-state index in [9.17, 15) is 14.4 Å². The number of aryl methyl sites for hydroxylation is 1. The molecular formula is C32H38F2N10O4. The SMILES string of the molecule is CCc1cnc(N2CCC(n3cc(F)c4c(Nc5ccc(C(=O)NC[C@H](NC(=O)OC(C)(C)C)C(N)=O)cc5F)ncnc43)CC2)nc1. The molecule has 254 valence electrons. The molecule has 1 aromatic carbocycles. The van der Waals surface area contributed by atoms with Crippen LogP contribution in [0.25, 0.3) is 11.0 Å². The van der Waals surface area contributed by atoms with Gasteiger partial charge in [0.1, 0.15) is 35.3 Å². The maximum atomic E-state index is 15.4. The molecule has 4 heterocycles. The molecule has 1 atom stereocenters. The molecule has 1 saturated heterocycles. The summed E-state index contributed by atoms with van der Waals surface area (Å²) in [7, 11) is 0. The first-order valence-electron chi connectivity index (χ1n) is 15.5. The van der Waals surface area contributed by atoms with Crippen molar-refractivity contribution in [1.82, 2.24) is 35.1 Å². The van der Waals surface area contributed by atoms with Crippen molar-refractivity contribution < 1.29 is 27.9 Å². The summed E-state index contributed by atoms with van der Waals surface area (Å²) in [5, 5.41) is 7.67. The van der Waals surface area contributed by atoms with Crippen LogP contribution in [-0.2, 0) is 16.0 Å². The zero-order chi connectivity index (χ0) is 34.6. The Morgan fingerprint density at radius 1 is 1.06 bits per heavy atom. The summed E-state index contributed by atoms with van der Waals surface area (Å²) in [5.74, 6) is -2.27. The molecule has 48 heavy (non-hydrogen) atoms. The molecule has 1 fully saturated rings. The van der Waals surface area contributed by atoms with Gasteiger partial charge in [-0.05, 0) is 63.8 Å². The quantitative estimate of drug-likeness (QED) is 0.195. The predicted molar refractivity (Wildman–Crippen MR) is 174 cm³/mol. The van der Waals surface area contributed by atoms with Crippen LogP contribution < -0.4 is 26.6 Å². The van der Waals surface area contributed by atoms with Crippen LogP contribution in [-0.4, -0.2) is 73.7 Å². The standard InChI is InChI=1S/C32H38F2N10O4/c1-5-18-13-37-30(38-14-18)43-10-8-20(9-11-43)44-16-22(34)25-27(39-17-40-28(25)44)41-23-7-6-19(12-21(23)33)29(46)36-15-24(26(35)45)42-31(47)48-32(2,3)4/h6-7,12-14,16-17,20,24H,5,8-11,15H2,1-4H3,(H2,35,45)(H,36,46)(H,42,47)(H,39,40,41)/t24-/m0/s1. The Morgan fingerprint density at radius 3 is 2.40 bits per heavy atom. The second kappa shape index (κ2) is 14.1. The highest BCUT2D eigenvalue weighted by Crippen LogP contribution is 2.33. The summed E-state index contributed by atoms with van der Waals surface area (Å²) in [6.45, 7) is 8.00. The van der Waals surface area contributed by atoms with E-state index in [1.165, 1.54) is 24.7 Å². The first-order valence-corrected chi connectivity index (χ1v) is 15.5. The Balaban J connectivity index is 1.24. The number of carbonyl (C=O) groups excluding carboxylic acids is 3. The Labute approximate surface area is 275 Å². The van der Waals surface area contributed by atoms with Crippen molar-refractivity contribution in [3.63, 3.8) is 0 Å². The van der Waals surface area contributed by atoms with Gasteiger partial charge in [-0.15, -0.1) is 0 Å². The van der Waals surface area contributed by atoms with Gasteiger partial charge in [-0.25, -0.2) is 33.5 Å². The highest BCUT2D eigenvalue weighted by atomic mass is 19.1. The molecule has 16 heteroatoms. The number of carbonyl (C=O) groups is 3. The molecule has 0 aliphatic carbocycles.